The average molecular weight is 293 g/mol. The molecule has 114 valence electrons. The summed E-state index contributed by atoms with van der Waals surface area (Å²) in [7, 11) is 0. The van der Waals surface area contributed by atoms with Crippen molar-refractivity contribution in [1.82, 2.24) is 19.6 Å². The van der Waals surface area contributed by atoms with Crippen molar-refractivity contribution in [1.29, 1.82) is 0 Å². The van der Waals surface area contributed by atoms with Crippen molar-refractivity contribution in [2.24, 2.45) is 0 Å². The molecule has 2 aliphatic rings. The van der Waals surface area contributed by atoms with E-state index in [9.17, 15) is 14.9 Å². The Hall–Kier alpha value is -1.96. The van der Waals surface area contributed by atoms with E-state index in [0.29, 0.717) is 19.0 Å². The lowest BCUT2D eigenvalue weighted by atomic mass is 10.1. The van der Waals surface area contributed by atoms with Crippen molar-refractivity contribution in [2.45, 2.75) is 31.8 Å². The highest BCUT2D eigenvalue weighted by Gasteiger charge is 2.32. The number of aryl methyl sites for hydroxylation is 1. The molecule has 0 radical (unpaired) electrons. The molecule has 8 nitrogen and oxygen atoms in total. The number of carbonyl (C=O) groups is 1. The summed E-state index contributed by atoms with van der Waals surface area (Å²) >= 11 is 0. The lowest BCUT2D eigenvalue weighted by Crippen LogP contribution is -2.52. The maximum atomic E-state index is 12.2. The fourth-order valence-corrected chi connectivity index (χ4v) is 3.16. The third-order valence-corrected chi connectivity index (χ3v) is 4.33. The predicted molar refractivity (Wildman–Crippen MR) is 74.7 cm³/mol. The fraction of sp³-hybridized carbons (Fsp3) is 0.692. The SMILES string of the molecule is O=C(CCn1cc([N+](=O)[O-])cn1)N1CCN2CCC[C@H]2C1. The van der Waals surface area contributed by atoms with Crippen LogP contribution in [0.25, 0.3) is 0 Å². The second kappa shape index (κ2) is 5.80. The van der Waals surface area contributed by atoms with E-state index in [1.54, 1.807) is 0 Å². The highest BCUT2D eigenvalue weighted by Crippen LogP contribution is 2.21. The van der Waals surface area contributed by atoms with E-state index in [0.717, 1.165) is 26.2 Å². The minimum absolute atomic E-state index is 0.0398. The molecule has 1 atom stereocenters. The van der Waals surface area contributed by atoms with Crippen molar-refractivity contribution in [3.8, 4) is 0 Å². The van der Waals surface area contributed by atoms with Crippen LogP contribution < -0.4 is 0 Å². The van der Waals surface area contributed by atoms with Crippen molar-refractivity contribution in [3.05, 3.63) is 22.5 Å². The van der Waals surface area contributed by atoms with E-state index in [-0.39, 0.29) is 11.6 Å². The minimum Gasteiger partial charge on any atom is -0.340 e. The molecule has 0 saturated carbocycles. The first-order valence-corrected chi connectivity index (χ1v) is 7.32. The minimum atomic E-state index is -0.482. The number of carbonyl (C=O) groups excluding carboxylic acids is 1. The third-order valence-electron chi connectivity index (χ3n) is 4.33. The largest absolute Gasteiger partial charge is 0.340 e. The highest BCUT2D eigenvalue weighted by molar-refractivity contribution is 5.76. The van der Waals surface area contributed by atoms with Crippen molar-refractivity contribution < 1.29 is 9.72 Å². The van der Waals surface area contributed by atoms with E-state index in [1.165, 1.54) is 29.9 Å². The Bertz CT molecular complexity index is 544. The predicted octanol–water partition coefficient (Wildman–Crippen LogP) is 0.488. The maximum Gasteiger partial charge on any atom is 0.306 e. The quantitative estimate of drug-likeness (QED) is 0.596. The topological polar surface area (TPSA) is 84.5 Å². The van der Waals surface area contributed by atoms with Gasteiger partial charge in [0.2, 0.25) is 5.91 Å². The summed E-state index contributed by atoms with van der Waals surface area (Å²) in [6.45, 7) is 4.11. The van der Waals surface area contributed by atoms with Gasteiger partial charge in [-0.3, -0.25) is 24.5 Å². The Morgan fingerprint density at radius 3 is 3.05 bits per heavy atom. The lowest BCUT2D eigenvalue weighted by Gasteiger charge is -2.37. The summed E-state index contributed by atoms with van der Waals surface area (Å²) in [4.78, 5) is 26.7. The van der Waals surface area contributed by atoms with Crippen LogP contribution in [0.4, 0.5) is 5.69 Å². The molecule has 0 aromatic carbocycles. The van der Waals surface area contributed by atoms with Gasteiger partial charge in [-0.15, -0.1) is 0 Å². The Morgan fingerprint density at radius 2 is 2.29 bits per heavy atom. The number of nitro groups is 1. The number of fused-ring (bicyclic) bond motifs is 1. The van der Waals surface area contributed by atoms with Gasteiger partial charge in [0, 0.05) is 38.6 Å². The molecule has 0 spiro atoms. The molecule has 0 aliphatic carbocycles. The molecule has 0 unspecified atom stereocenters. The van der Waals surface area contributed by atoms with Crippen LogP contribution >= 0.6 is 0 Å². The second-order valence-electron chi connectivity index (χ2n) is 5.64. The monoisotopic (exact) mass is 293 g/mol. The summed E-state index contributed by atoms with van der Waals surface area (Å²) in [5.74, 6) is 0.111. The molecule has 3 heterocycles. The van der Waals surface area contributed by atoms with Crippen molar-refractivity contribution >= 4 is 11.6 Å². The molecule has 8 heteroatoms. The first-order valence-electron chi connectivity index (χ1n) is 7.32. The summed E-state index contributed by atoms with van der Waals surface area (Å²) in [6, 6.07) is 0.522. The normalized spacial score (nSPS) is 22.3. The van der Waals surface area contributed by atoms with Crippen LogP contribution in [0.15, 0.2) is 12.4 Å². The number of hydrogen-bond acceptors (Lipinski definition) is 5. The Labute approximate surface area is 122 Å². The Balaban J connectivity index is 1.50. The van der Waals surface area contributed by atoms with Gasteiger partial charge < -0.3 is 4.90 Å². The molecule has 2 saturated heterocycles. The molecule has 21 heavy (non-hydrogen) atoms. The van der Waals surface area contributed by atoms with Crippen LogP contribution in [0.5, 0.6) is 0 Å². The van der Waals surface area contributed by atoms with E-state index < -0.39 is 4.92 Å². The smallest absolute Gasteiger partial charge is 0.306 e. The van der Waals surface area contributed by atoms with Gasteiger partial charge in [0.1, 0.15) is 12.4 Å². The third kappa shape index (κ3) is 3.05. The molecule has 1 aromatic rings. The zero-order valence-electron chi connectivity index (χ0n) is 11.8. The van der Waals surface area contributed by atoms with Crippen LogP contribution in [0.1, 0.15) is 19.3 Å². The zero-order valence-corrected chi connectivity index (χ0v) is 11.8. The summed E-state index contributed by atoms with van der Waals surface area (Å²) in [6.07, 6.45) is 5.31. The van der Waals surface area contributed by atoms with E-state index in [2.05, 4.69) is 10.00 Å². The van der Waals surface area contributed by atoms with E-state index in [4.69, 9.17) is 0 Å². The molecular weight excluding hydrogens is 274 g/mol. The fourth-order valence-electron chi connectivity index (χ4n) is 3.16. The molecular formula is C13H19N5O3. The van der Waals surface area contributed by atoms with Gasteiger partial charge in [-0.2, -0.15) is 5.10 Å². The van der Waals surface area contributed by atoms with Gasteiger partial charge in [0.25, 0.3) is 0 Å². The second-order valence-corrected chi connectivity index (χ2v) is 5.64. The lowest BCUT2D eigenvalue weighted by molar-refractivity contribution is -0.385. The Kier molecular flexibility index (Phi) is 3.87. The highest BCUT2D eigenvalue weighted by atomic mass is 16.6. The molecule has 1 aromatic heterocycles. The van der Waals surface area contributed by atoms with Crippen LogP contribution in [-0.2, 0) is 11.3 Å². The van der Waals surface area contributed by atoms with Crippen LogP contribution in [0.2, 0.25) is 0 Å². The number of rotatable bonds is 4. The number of piperazine rings is 1. The molecule has 2 fully saturated rings. The standard InChI is InChI=1S/C13H19N5O3/c19-13(3-5-17-10-12(8-14-17)18(20)21)16-7-6-15-4-1-2-11(15)9-16/h8,10-11H,1-7,9H2/t11-/m0/s1. The Morgan fingerprint density at radius 1 is 1.43 bits per heavy atom. The van der Waals surface area contributed by atoms with Crippen molar-refractivity contribution in [2.75, 3.05) is 26.2 Å². The van der Waals surface area contributed by atoms with Gasteiger partial charge in [-0.25, -0.2) is 0 Å². The summed E-state index contributed by atoms with van der Waals surface area (Å²) < 4.78 is 1.46. The molecule has 0 bridgehead atoms. The number of amides is 1. The summed E-state index contributed by atoms with van der Waals surface area (Å²) in [5.41, 5.74) is -0.0398. The number of nitrogens with zero attached hydrogens (tertiary/aromatic N) is 5. The van der Waals surface area contributed by atoms with Crippen LogP contribution in [0.3, 0.4) is 0 Å². The van der Waals surface area contributed by atoms with E-state index >= 15 is 0 Å². The molecule has 2 aliphatic heterocycles. The van der Waals surface area contributed by atoms with Crippen molar-refractivity contribution in [3.63, 3.8) is 0 Å². The zero-order chi connectivity index (χ0) is 14.8. The van der Waals surface area contributed by atoms with Gasteiger partial charge >= 0.3 is 5.69 Å². The van der Waals surface area contributed by atoms with Crippen LogP contribution in [0, 0.1) is 10.1 Å². The van der Waals surface area contributed by atoms with Gasteiger partial charge in [0.15, 0.2) is 0 Å². The maximum absolute atomic E-state index is 12.2. The van der Waals surface area contributed by atoms with Gasteiger partial charge in [0.05, 0.1) is 4.92 Å². The van der Waals surface area contributed by atoms with Crippen LogP contribution in [-0.4, -0.2) is 62.6 Å². The molecule has 0 N–H and O–H groups in total. The average Bonchev–Trinajstić information content (AvgIpc) is 3.12. The first kappa shape index (κ1) is 14.0. The molecule has 1 amide bonds. The summed E-state index contributed by atoms with van der Waals surface area (Å²) in [5, 5.41) is 14.5. The first-order chi connectivity index (χ1) is 10.1. The van der Waals surface area contributed by atoms with E-state index in [1.807, 2.05) is 4.90 Å². The van der Waals surface area contributed by atoms with Gasteiger partial charge in [-0.05, 0) is 19.4 Å². The van der Waals surface area contributed by atoms with Gasteiger partial charge in [-0.1, -0.05) is 0 Å². The molecule has 3 rings (SSSR count). The number of aromatic nitrogens is 2. The number of hydrogen-bond donors (Lipinski definition) is 0.